The van der Waals surface area contributed by atoms with Gasteiger partial charge in [-0.3, -0.25) is 14.3 Å². The number of benzene rings is 1. The van der Waals surface area contributed by atoms with E-state index < -0.39 is 0 Å². The number of piperidine rings is 1. The van der Waals surface area contributed by atoms with Gasteiger partial charge in [0.2, 0.25) is 5.91 Å². The zero-order valence-corrected chi connectivity index (χ0v) is 18.2. The standard InChI is InChI=1S/C23H28N6O2/c1-16-13-20(26-29(16)19-7-5-4-6-8-19)23(31)28-11-9-18(10-12-28)14-22(30)25-21-15-24-27(3)17(21)2/h4-8,13,15,18H,9-12,14H2,1-3H3,(H,25,30). The third-order valence-electron chi connectivity index (χ3n) is 5.99. The summed E-state index contributed by atoms with van der Waals surface area (Å²) in [5, 5.41) is 11.6. The van der Waals surface area contributed by atoms with Crippen LogP contribution in [0.3, 0.4) is 0 Å². The number of hydrogen-bond donors (Lipinski definition) is 1. The second-order valence-electron chi connectivity index (χ2n) is 8.17. The number of likely N-dealkylation sites (tertiary alicyclic amines) is 1. The van der Waals surface area contributed by atoms with Crippen molar-refractivity contribution in [3.8, 4) is 5.69 Å². The number of hydrogen-bond acceptors (Lipinski definition) is 4. The summed E-state index contributed by atoms with van der Waals surface area (Å²) in [5.74, 6) is 0.217. The molecule has 8 heteroatoms. The van der Waals surface area contributed by atoms with Gasteiger partial charge in [-0.05, 0) is 50.8 Å². The fraction of sp³-hybridized carbons (Fsp3) is 0.391. The second-order valence-corrected chi connectivity index (χ2v) is 8.17. The van der Waals surface area contributed by atoms with Gasteiger partial charge in [0.15, 0.2) is 5.69 Å². The average molecular weight is 421 g/mol. The highest BCUT2D eigenvalue weighted by Crippen LogP contribution is 2.23. The summed E-state index contributed by atoms with van der Waals surface area (Å²) < 4.78 is 3.53. The van der Waals surface area contributed by atoms with Crippen molar-refractivity contribution in [2.24, 2.45) is 13.0 Å². The van der Waals surface area contributed by atoms with E-state index in [9.17, 15) is 9.59 Å². The molecule has 162 valence electrons. The van der Waals surface area contributed by atoms with Gasteiger partial charge >= 0.3 is 0 Å². The van der Waals surface area contributed by atoms with Gasteiger partial charge in [-0.25, -0.2) is 4.68 Å². The SMILES string of the molecule is Cc1c(NC(=O)CC2CCN(C(=O)c3cc(C)n(-c4ccccc4)n3)CC2)cnn1C. The number of carbonyl (C=O) groups is 2. The lowest BCUT2D eigenvalue weighted by atomic mass is 9.93. The number of nitrogens with zero attached hydrogens (tertiary/aromatic N) is 5. The molecule has 1 aliphatic heterocycles. The first-order valence-electron chi connectivity index (χ1n) is 10.6. The van der Waals surface area contributed by atoms with E-state index in [2.05, 4.69) is 15.5 Å². The van der Waals surface area contributed by atoms with Crippen molar-refractivity contribution in [3.05, 3.63) is 59.7 Å². The van der Waals surface area contributed by atoms with Crippen LogP contribution in [-0.4, -0.2) is 49.4 Å². The highest BCUT2D eigenvalue weighted by molar-refractivity contribution is 5.93. The molecule has 3 heterocycles. The Hall–Kier alpha value is -3.42. The summed E-state index contributed by atoms with van der Waals surface area (Å²) in [6.07, 6.45) is 3.75. The number of carbonyl (C=O) groups excluding carboxylic acids is 2. The van der Waals surface area contributed by atoms with E-state index in [1.54, 1.807) is 15.6 Å². The number of nitrogens with one attached hydrogen (secondary N) is 1. The molecule has 4 rings (SSSR count). The lowest BCUT2D eigenvalue weighted by molar-refractivity contribution is -0.117. The monoisotopic (exact) mass is 420 g/mol. The van der Waals surface area contributed by atoms with Gasteiger partial charge in [-0.2, -0.15) is 10.2 Å². The summed E-state index contributed by atoms with van der Waals surface area (Å²) in [5.41, 5.74) is 4.01. The minimum atomic E-state index is -0.0494. The van der Waals surface area contributed by atoms with Crippen molar-refractivity contribution in [3.63, 3.8) is 0 Å². The third kappa shape index (κ3) is 4.52. The number of aryl methyl sites for hydroxylation is 2. The Balaban J connectivity index is 1.32. The third-order valence-corrected chi connectivity index (χ3v) is 5.99. The first kappa shape index (κ1) is 20.8. The molecule has 1 N–H and O–H groups in total. The van der Waals surface area contributed by atoms with Gasteiger partial charge in [0.25, 0.3) is 5.91 Å². The molecule has 1 saturated heterocycles. The minimum Gasteiger partial charge on any atom is -0.337 e. The van der Waals surface area contributed by atoms with Crippen LogP contribution < -0.4 is 5.32 Å². The van der Waals surface area contributed by atoms with E-state index in [0.29, 0.717) is 25.2 Å². The van der Waals surface area contributed by atoms with E-state index in [-0.39, 0.29) is 17.7 Å². The Morgan fingerprint density at radius 1 is 1.13 bits per heavy atom. The van der Waals surface area contributed by atoms with Crippen LogP contribution in [0.5, 0.6) is 0 Å². The first-order chi connectivity index (χ1) is 14.9. The molecule has 0 atom stereocenters. The van der Waals surface area contributed by atoms with Crippen LogP contribution in [0.2, 0.25) is 0 Å². The number of rotatable bonds is 5. The topological polar surface area (TPSA) is 85.1 Å². The molecule has 0 aliphatic carbocycles. The molecule has 1 aliphatic rings. The largest absolute Gasteiger partial charge is 0.337 e. The van der Waals surface area contributed by atoms with Gasteiger partial charge in [-0.1, -0.05) is 18.2 Å². The Morgan fingerprint density at radius 3 is 2.48 bits per heavy atom. The van der Waals surface area contributed by atoms with E-state index in [0.717, 1.165) is 35.6 Å². The van der Waals surface area contributed by atoms with Gasteiger partial charge < -0.3 is 10.2 Å². The zero-order chi connectivity index (χ0) is 22.0. The van der Waals surface area contributed by atoms with Gasteiger partial charge in [-0.15, -0.1) is 0 Å². The summed E-state index contributed by atoms with van der Waals surface area (Å²) >= 11 is 0. The molecule has 0 saturated carbocycles. The molecule has 0 spiro atoms. The smallest absolute Gasteiger partial charge is 0.274 e. The van der Waals surface area contributed by atoms with Crippen molar-refractivity contribution in [1.29, 1.82) is 0 Å². The Labute approximate surface area is 181 Å². The van der Waals surface area contributed by atoms with Crippen LogP contribution in [0.4, 0.5) is 5.69 Å². The highest BCUT2D eigenvalue weighted by atomic mass is 16.2. The second kappa shape index (κ2) is 8.75. The predicted octanol–water partition coefficient (Wildman–Crippen LogP) is 3.10. The maximum atomic E-state index is 13.0. The highest BCUT2D eigenvalue weighted by Gasteiger charge is 2.27. The van der Waals surface area contributed by atoms with Crippen molar-refractivity contribution in [1.82, 2.24) is 24.5 Å². The van der Waals surface area contributed by atoms with Gasteiger partial charge in [0.05, 0.1) is 23.3 Å². The van der Waals surface area contributed by atoms with Crippen molar-refractivity contribution in [2.75, 3.05) is 18.4 Å². The minimum absolute atomic E-state index is 0.00175. The van der Waals surface area contributed by atoms with E-state index in [1.807, 2.05) is 62.2 Å². The lowest BCUT2D eigenvalue weighted by Crippen LogP contribution is -2.39. The van der Waals surface area contributed by atoms with Crippen LogP contribution in [0, 0.1) is 19.8 Å². The molecular formula is C23H28N6O2. The van der Waals surface area contributed by atoms with Crippen LogP contribution in [0.25, 0.3) is 5.69 Å². The van der Waals surface area contributed by atoms with Crippen LogP contribution >= 0.6 is 0 Å². The fourth-order valence-electron chi connectivity index (χ4n) is 4.00. The maximum Gasteiger partial charge on any atom is 0.274 e. The number of para-hydroxylation sites is 1. The number of aromatic nitrogens is 4. The molecule has 2 aromatic heterocycles. The van der Waals surface area contributed by atoms with E-state index in [1.165, 1.54) is 0 Å². The normalized spacial score (nSPS) is 14.6. The van der Waals surface area contributed by atoms with Crippen LogP contribution in [0.1, 0.15) is 41.1 Å². The molecule has 2 amide bonds. The fourth-order valence-corrected chi connectivity index (χ4v) is 4.00. The molecule has 0 bridgehead atoms. The van der Waals surface area contributed by atoms with Gasteiger partial charge in [0, 0.05) is 32.3 Å². The predicted molar refractivity (Wildman–Crippen MR) is 118 cm³/mol. The molecule has 0 radical (unpaired) electrons. The zero-order valence-electron chi connectivity index (χ0n) is 18.2. The van der Waals surface area contributed by atoms with Gasteiger partial charge in [0.1, 0.15) is 0 Å². The van der Waals surface area contributed by atoms with E-state index >= 15 is 0 Å². The molecular weight excluding hydrogens is 392 g/mol. The van der Waals surface area contributed by atoms with E-state index in [4.69, 9.17) is 0 Å². The molecule has 3 aromatic rings. The molecule has 0 unspecified atom stereocenters. The summed E-state index contributed by atoms with van der Waals surface area (Å²) in [6, 6.07) is 11.6. The van der Waals surface area contributed by atoms with Crippen LogP contribution in [0.15, 0.2) is 42.6 Å². The molecule has 8 nitrogen and oxygen atoms in total. The number of amides is 2. The van der Waals surface area contributed by atoms with Crippen LogP contribution in [-0.2, 0) is 11.8 Å². The Kier molecular flexibility index (Phi) is 5.88. The van der Waals surface area contributed by atoms with Crippen molar-refractivity contribution < 1.29 is 9.59 Å². The molecule has 1 aromatic carbocycles. The van der Waals surface area contributed by atoms with Crippen molar-refractivity contribution in [2.45, 2.75) is 33.1 Å². The summed E-state index contributed by atoms with van der Waals surface area (Å²) in [4.78, 5) is 27.2. The molecule has 1 fully saturated rings. The Morgan fingerprint density at radius 2 is 1.84 bits per heavy atom. The summed E-state index contributed by atoms with van der Waals surface area (Å²) in [6.45, 7) is 5.15. The lowest BCUT2D eigenvalue weighted by Gasteiger charge is -2.31. The quantitative estimate of drug-likeness (QED) is 0.687. The number of anilines is 1. The molecule has 31 heavy (non-hydrogen) atoms. The van der Waals surface area contributed by atoms with Crippen molar-refractivity contribution >= 4 is 17.5 Å². The Bertz CT molecular complexity index is 1080. The summed E-state index contributed by atoms with van der Waals surface area (Å²) in [7, 11) is 1.85. The maximum absolute atomic E-state index is 13.0. The first-order valence-corrected chi connectivity index (χ1v) is 10.6. The average Bonchev–Trinajstić information content (AvgIpc) is 3.31.